The Morgan fingerprint density at radius 3 is 2.92 bits per heavy atom. The van der Waals surface area contributed by atoms with E-state index in [9.17, 15) is 9.18 Å². The van der Waals surface area contributed by atoms with Crippen molar-refractivity contribution in [2.75, 3.05) is 31.6 Å². The van der Waals surface area contributed by atoms with Gasteiger partial charge < -0.3 is 19.0 Å². The Morgan fingerprint density at radius 2 is 2.17 bits per heavy atom. The number of oxazole rings is 1. The molecule has 3 heterocycles. The molecule has 0 saturated carbocycles. The lowest BCUT2D eigenvalue weighted by Gasteiger charge is -2.26. The zero-order chi connectivity index (χ0) is 16.7. The molecule has 2 fully saturated rings. The highest BCUT2D eigenvalue weighted by Crippen LogP contribution is 2.31. The zero-order valence-corrected chi connectivity index (χ0v) is 13.6. The predicted molar refractivity (Wildman–Crippen MR) is 86.3 cm³/mol. The SMILES string of the molecule is CO[C@H]1C[C@@H](C(=O)N2CCCC2)N(c2nc3cc(F)ccc3o2)C1. The van der Waals surface area contributed by atoms with Crippen LogP contribution in [-0.4, -0.2) is 54.7 Å². The third-order valence-electron chi connectivity index (χ3n) is 4.88. The van der Waals surface area contributed by atoms with Crippen molar-refractivity contribution in [3.63, 3.8) is 0 Å². The van der Waals surface area contributed by atoms with Gasteiger partial charge in [0, 0.05) is 39.2 Å². The van der Waals surface area contributed by atoms with E-state index in [-0.39, 0.29) is 23.9 Å². The lowest BCUT2D eigenvalue weighted by atomic mass is 10.1. The molecule has 2 aliphatic rings. The van der Waals surface area contributed by atoms with Crippen molar-refractivity contribution < 1.29 is 18.3 Å². The highest BCUT2D eigenvalue weighted by atomic mass is 19.1. The van der Waals surface area contributed by atoms with Crippen molar-refractivity contribution in [1.29, 1.82) is 0 Å². The summed E-state index contributed by atoms with van der Waals surface area (Å²) < 4.78 is 24.6. The van der Waals surface area contributed by atoms with E-state index in [1.54, 1.807) is 13.2 Å². The summed E-state index contributed by atoms with van der Waals surface area (Å²) in [4.78, 5) is 21.0. The molecule has 128 valence electrons. The predicted octanol–water partition coefficient (Wildman–Crippen LogP) is 2.18. The number of benzene rings is 1. The maximum Gasteiger partial charge on any atom is 0.299 e. The van der Waals surface area contributed by atoms with E-state index in [1.807, 2.05) is 9.80 Å². The average molecular weight is 333 g/mol. The molecule has 1 amide bonds. The molecule has 0 N–H and O–H groups in total. The molecule has 0 bridgehead atoms. The Labute approximate surface area is 139 Å². The monoisotopic (exact) mass is 333 g/mol. The second-order valence-electron chi connectivity index (χ2n) is 6.40. The Kier molecular flexibility index (Phi) is 3.88. The van der Waals surface area contributed by atoms with Gasteiger partial charge in [-0.05, 0) is 25.0 Å². The number of aromatic nitrogens is 1. The molecule has 4 rings (SSSR count). The maximum atomic E-state index is 13.4. The Bertz CT molecular complexity index is 757. The molecular formula is C17H20FN3O3. The summed E-state index contributed by atoms with van der Waals surface area (Å²) in [6, 6.07) is 4.25. The fourth-order valence-electron chi connectivity index (χ4n) is 3.57. The number of amides is 1. The molecule has 1 aromatic carbocycles. The summed E-state index contributed by atoms with van der Waals surface area (Å²) >= 11 is 0. The molecule has 2 saturated heterocycles. The van der Waals surface area contributed by atoms with Crippen LogP contribution in [-0.2, 0) is 9.53 Å². The molecule has 2 aliphatic heterocycles. The quantitative estimate of drug-likeness (QED) is 0.862. The summed E-state index contributed by atoms with van der Waals surface area (Å²) in [6.07, 6.45) is 2.66. The summed E-state index contributed by atoms with van der Waals surface area (Å²) in [5, 5.41) is 0. The van der Waals surface area contributed by atoms with Gasteiger partial charge in [-0.25, -0.2) is 4.39 Å². The van der Waals surface area contributed by atoms with Crippen LogP contribution in [0.15, 0.2) is 22.6 Å². The number of methoxy groups -OCH3 is 1. The van der Waals surface area contributed by atoms with Crippen LogP contribution in [0.4, 0.5) is 10.4 Å². The smallest absolute Gasteiger partial charge is 0.299 e. The van der Waals surface area contributed by atoms with Crippen LogP contribution in [0, 0.1) is 5.82 Å². The highest BCUT2D eigenvalue weighted by Gasteiger charge is 2.41. The lowest BCUT2D eigenvalue weighted by molar-refractivity contribution is -0.131. The van der Waals surface area contributed by atoms with Crippen LogP contribution in [0.5, 0.6) is 0 Å². The summed E-state index contributed by atoms with van der Waals surface area (Å²) in [7, 11) is 1.65. The number of carbonyl (C=O) groups excluding carboxylic acids is 1. The van der Waals surface area contributed by atoms with Crippen molar-refractivity contribution in [3.05, 3.63) is 24.0 Å². The minimum atomic E-state index is -0.358. The fraction of sp³-hybridized carbons (Fsp3) is 0.529. The number of hydrogen-bond donors (Lipinski definition) is 0. The van der Waals surface area contributed by atoms with Crippen LogP contribution in [0.2, 0.25) is 0 Å². The summed E-state index contributed by atoms with van der Waals surface area (Å²) in [5.41, 5.74) is 0.970. The van der Waals surface area contributed by atoms with Crippen molar-refractivity contribution >= 4 is 23.0 Å². The van der Waals surface area contributed by atoms with Crippen LogP contribution >= 0.6 is 0 Å². The van der Waals surface area contributed by atoms with E-state index in [2.05, 4.69) is 4.98 Å². The fourth-order valence-corrected chi connectivity index (χ4v) is 3.57. The molecule has 6 nitrogen and oxygen atoms in total. The number of nitrogens with zero attached hydrogens (tertiary/aromatic N) is 3. The van der Waals surface area contributed by atoms with Crippen molar-refractivity contribution in [2.24, 2.45) is 0 Å². The molecule has 0 spiro atoms. The minimum absolute atomic E-state index is 0.0479. The van der Waals surface area contributed by atoms with Crippen molar-refractivity contribution in [2.45, 2.75) is 31.4 Å². The number of likely N-dealkylation sites (tertiary alicyclic amines) is 1. The van der Waals surface area contributed by atoms with E-state index in [4.69, 9.17) is 9.15 Å². The first kappa shape index (κ1) is 15.4. The van der Waals surface area contributed by atoms with Gasteiger partial charge in [0.25, 0.3) is 6.01 Å². The maximum absolute atomic E-state index is 13.4. The molecule has 2 aromatic rings. The molecular weight excluding hydrogens is 313 g/mol. The highest BCUT2D eigenvalue weighted by molar-refractivity contribution is 5.86. The third kappa shape index (κ3) is 2.62. The number of anilines is 1. The van der Waals surface area contributed by atoms with Gasteiger partial charge in [0.2, 0.25) is 5.91 Å². The van der Waals surface area contributed by atoms with Gasteiger partial charge in [0.15, 0.2) is 5.58 Å². The largest absolute Gasteiger partial charge is 0.423 e. The first-order valence-corrected chi connectivity index (χ1v) is 8.30. The normalized spacial score (nSPS) is 24.2. The van der Waals surface area contributed by atoms with Gasteiger partial charge in [0.05, 0.1) is 6.10 Å². The molecule has 7 heteroatoms. The summed E-state index contributed by atoms with van der Waals surface area (Å²) in [5.74, 6) is -0.260. The topological polar surface area (TPSA) is 58.8 Å². The van der Waals surface area contributed by atoms with Crippen LogP contribution < -0.4 is 4.90 Å². The second kappa shape index (κ2) is 6.05. The average Bonchev–Trinajstić information content (AvgIpc) is 3.31. The van der Waals surface area contributed by atoms with Gasteiger partial charge in [0.1, 0.15) is 17.4 Å². The van der Waals surface area contributed by atoms with Gasteiger partial charge in [-0.15, -0.1) is 0 Å². The van der Waals surface area contributed by atoms with E-state index >= 15 is 0 Å². The number of fused-ring (bicyclic) bond motifs is 1. The number of carbonyl (C=O) groups is 1. The molecule has 1 aromatic heterocycles. The molecule has 2 atom stereocenters. The number of halogens is 1. The first-order chi connectivity index (χ1) is 11.7. The lowest BCUT2D eigenvalue weighted by Crippen LogP contribution is -2.44. The first-order valence-electron chi connectivity index (χ1n) is 8.30. The van der Waals surface area contributed by atoms with E-state index < -0.39 is 0 Å². The summed E-state index contributed by atoms with van der Waals surface area (Å²) in [6.45, 7) is 2.15. The van der Waals surface area contributed by atoms with Gasteiger partial charge in [-0.3, -0.25) is 4.79 Å². The van der Waals surface area contributed by atoms with Crippen molar-refractivity contribution in [3.8, 4) is 0 Å². The Morgan fingerprint density at radius 1 is 1.38 bits per heavy atom. The van der Waals surface area contributed by atoms with Crippen molar-refractivity contribution in [1.82, 2.24) is 9.88 Å². The molecule has 0 radical (unpaired) electrons. The molecule has 24 heavy (non-hydrogen) atoms. The second-order valence-corrected chi connectivity index (χ2v) is 6.40. The minimum Gasteiger partial charge on any atom is -0.423 e. The number of hydrogen-bond acceptors (Lipinski definition) is 5. The van der Waals surface area contributed by atoms with Gasteiger partial charge >= 0.3 is 0 Å². The van der Waals surface area contributed by atoms with E-state index in [0.717, 1.165) is 25.9 Å². The van der Waals surface area contributed by atoms with Gasteiger partial charge in [-0.2, -0.15) is 4.98 Å². The van der Waals surface area contributed by atoms with E-state index in [1.165, 1.54) is 12.1 Å². The van der Waals surface area contributed by atoms with E-state index in [0.29, 0.717) is 30.1 Å². The Balaban J connectivity index is 1.65. The van der Waals surface area contributed by atoms with Crippen LogP contribution in [0.1, 0.15) is 19.3 Å². The molecule has 0 aliphatic carbocycles. The Hall–Kier alpha value is -2.15. The van der Waals surface area contributed by atoms with Gasteiger partial charge in [-0.1, -0.05) is 0 Å². The van der Waals surface area contributed by atoms with Crippen LogP contribution in [0.25, 0.3) is 11.1 Å². The third-order valence-corrected chi connectivity index (χ3v) is 4.88. The standard InChI is InChI=1S/C17H20FN3O3/c1-23-12-9-14(16(22)20-6-2-3-7-20)21(10-12)17-19-13-8-11(18)4-5-15(13)24-17/h4-5,8,12,14H,2-3,6-7,9-10H2,1H3/t12-,14-/m0/s1. The molecule has 0 unspecified atom stereocenters. The zero-order valence-electron chi connectivity index (χ0n) is 13.6. The number of ether oxygens (including phenoxy) is 1. The van der Waals surface area contributed by atoms with Crippen LogP contribution in [0.3, 0.4) is 0 Å². The number of rotatable bonds is 3.